The van der Waals surface area contributed by atoms with Crippen molar-refractivity contribution < 1.29 is 19.1 Å². The lowest BCUT2D eigenvalue weighted by atomic mass is 9.95. The van der Waals surface area contributed by atoms with Gasteiger partial charge >= 0.3 is 5.97 Å². The predicted octanol–water partition coefficient (Wildman–Crippen LogP) is 1.54. The Bertz CT molecular complexity index is 381. The fourth-order valence-corrected chi connectivity index (χ4v) is 1.45. The molecule has 0 aliphatic rings. The van der Waals surface area contributed by atoms with E-state index in [9.17, 15) is 9.59 Å². The van der Waals surface area contributed by atoms with Gasteiger partial charge in [-0.2, -0.15) is 0 Å². The summed E-state index contributed by atoms with van der Waals surface area (Å²) in [6.07, 6.45) is 0. The highest BCUT2D eigenvalue weighted by Gasteiger charge is 2.25. The second-order valence-electron chi connectivity index (χ2n) is 3.34. The van der Waals surface area contributed by atoms with E-state index >= 15 is 0 Å². The van der Waals surface area contributed by atoms with Gasteiger partial charge in [-0.25, -0.2) is 0 Å². The van der Waals surface area contributed by atoms with Crippen LogP contribution in [-0.2, 0) is 14.3 Å². The molecule has 0 bridgehead atoms. The lowest BCUT2D eigenvalue weighted by molar-refractivity contribution is -0.145. The van der Waals surface area contributed by atoms with E-state index in [-0.39, 0.29) is 5.78 Å². The molecular weight excluding hydrogens is 208 g/mol. The Morgan fingerprint density at radius 3 is 2.06 bits per heavy atom. The van der Waals surface area contributed by atoms with E-state index in [1.165, 1.54) is 14.0 Å². The van der Waals surface area contributed by atoms with Crippen molar-refractivity contribution in [1.29, 1.82) is 0 Å². The Labute approximate surface area is 94.2 Å². The number of benzene rings is 1. The van der Waals surface area contributed by atoms with Gasteiger partial charge in [0, 0.05) is 0 Å². The van der Waals surface area contributed by atoms with Gasteiger partial charge in [0.2, 0.25) is 0 Å². The van der Waals surface area contributed by atoms with E-state index in [0.717, 1.165) is 0 Å². The highest BCUT2D eigenvalue weighted by molar-refractivity contribution is 6.03. The molecule has 1 aromatic carbocycles. The number of hydrogen-bond donors (Lipinski definition) is 0. The molecule has 0 fully saturated rings. The van der Waals surface area contributed by atoms with Gasteiger partial charge in [0.05, 0.1) is 14.2 Å². The maximum absolute atomic E-state index is 11.4. The number of ether oxygens (including phenoxy) is 2. The van der Waals surface area contributed by atoms with E-state index in [2.05, 4.69) is 4.74 Å². The molecule has 0 amide bonds. The number of carbonyl (C=O) groups excluding carboxylic acids is 2. The summed E-state index contributed by atoms with van der Waals surface area (Å²) in [5, 5.41) is 0. The number of methoxy groups -OCH3 is 2. The standard InChI is InChI=1S/C12H14O4/c1-8(13)11(12(14)16-3)9-4-6-10(15-2)7-5-9/h4-7,11H,1-3H3. The average Bonchev–Trinajstić information content (AvgIpc) is 2.29. The van der Waals surface area contributed by atoms with Gasteiger partial charge in [-0.05, 0) is 24.6 Å². The second kappa shape index (κ2) is 5.30. The van der Waals surface area contributed by atoms with Crippen molar-refractivity contribution in [2.75, 3.05) is 14.2 Å². The van der Waals surface area contributed by atoms with Gasteiger partial charge in [0.1, 0.15) is 17.5 Å². The minimum atomic E-state index is -0.851. The molecule has 0 radical (unpaired) electrons. The summed E-state index contributed by atoms with van der Waals surface area (Å²) >= 11 is 0. The molecule has 0 heterocycles. The van der Waals surface area contributed by atoms with Crippen molar-refractivity contribution in [3.63, 3.8) is 0 Å². The van der Waals surface area contributed by atoms with Crippen LogP contribution in [0.4, 0.5) is 0 Å². The lowest BCUT2D eigenvalue weighted by Crippen LogP contribution is -2.21. The first-order valence-electron chi connectivity index (χ1n) is 4.82. The van der Waals surface area contributed by atoms with Gasteiger partial charge in [0.15, 0.2) is 0 Å². The first-order valence-corrected chi connectivity index (χ1v) is 4.82. The number of carbonyl (C=O) groups is 2. The third kappa shape index (κ3) is 2.59. The van der Waals surface area contributed by atoms with Crippen LogP contribution in [0, 0.1) is 0 Å². The van der Waals surface area contributed by atoms with E-state index < -0.39 is 11.9 Å². The van der Waals surface area contributed by atoms with Crippen molar-refractivity contribution in [3.05, 3.63) is 29.8 Å². The van der Waals surface area contributed by atoms with Crippen molar-refractivity contribution in [3.8, 4) is 5.75 Å². The molecule has 4 heteroatoms. The first-order chi connectivity index (χ1) is 7.60. The molecule has 1 unspecified atom stereocenters. The molecule has 1 aromatic rings. The fraction of sp³-hybridized carbons (Fsp3) is 0.333. The van der Waals surface area contributed by atoms with Crippen LogP contribution >= 0.6 is 0 Å². The Morgan fingerprint density at radius 2 is 1.69 bits per heavy atom. The molecular formula is C12H14O4. The Kier molecular flexibility index (Phi) is 4.05. The average molecular weight is 222 g/mol. The summed E-state index contributed by atoms with van der Waals surface area (Å²) in [5.41, 5.74) is 0.611. The van der Waals surface area contributed by atoms with Gasteiger partial charge in [-0.1, -0.05) is 12.1 Å². The van der Waals surface area contributed by atoms with Crippen LogP contribution in [0.15, 0.2) is 24.3 Å². The summed E-state index contributed by atoms with van der Waals surface area (Å²) < 4.78 is 9.59. The predicted molar refractivity (Wildman–Crippen MR) is 58.4 cm³/mol. The van der Waals surface area contributed by atoms with E-state index in [4.69, 9.17) is 4.74 Å². The molecule has 1 rings (SSSR count). The smallest absolute Gasteiger partial charge is 0.320 e. The van der Waals surface area contributed by atoms with Crippen LogP contribution in [-0.4, -0.2) is 26.0 Å². The molecule has 1 atom stereocenters. The molecule has 0 spiro atoms. The third-order valence-corrected chi connectivity index (χ3v) is 2.29. The number of hydrogen-bond acceptors (Lipinski definition) is 4. The van der Waals surface area contributed by atoms with Crippen molar-refractivity contribution in [1.82, 2.24) is 0 Å². The summed E-state index contributed by atoms with van der Waals surface area (Å²) in [4.78, 5) is 22.8. The third-order valence-electron chi connectivity index (χ3n) is 2.29. The lowest BCUT2D eigenvalue weighted by Gasteiger charge is -2.12. The molecule has 0 aromatic heterocycles. The molecule has 0 aliphatic carbocycles. The zero-order valence-electron chi connectivity index (χ0n) is 9.52. The largest absolute Gasteiger partial charge is 0.497 e. The molecule has 0 saturated carbocycles. The topological polar surface area (TPSA) is 52.6 Å². The Balaban J connectivity index is 3.02. The number of Topliss-reactive ketones (excluding diaryl/α,β-unsaturated/α-hetero) is 1. The minimum absolute atomic E-state index is 0.239. The highest BCUT2D eigenvalue weighted by Crippen LogP contribution is 2.21. The maximum Gasteiger partial charge on any atom is 0.320 e. The van der Waals surface area contributed by atoms with Crippen LogP contribution in [0.3, 0.4) is 0 Å². The summed E-state index contributed by atoms with van der Waals surface area (Å²) in [6.45, 7) is 1.37. The Hall–Kier alpha value is -1.84. The van der Waals surface area contributed by atoms with E-state index in [0.29, 0.717) is 11.3 Å². The normalized spacial score (nSPS) is 11.7. The quantitative estimate of drug-likeness (QED) is 0.572. The minimum Gasteiger partial charge on any atom is -0.497 e. The molecule has 86 valence electrons. The molecule has 16 heavy (non-hydrogen) atoms. The van der Waals surface area contributed by atoms with Gasteiger partial charge in [-0.3, -0.25) is 9.59 Å². The van der Waals surface area contributed by atoms with Gasteiger partial charge in [0.25, 0.3) is 0 Å². The molecule has 0 aliphatic heterocycles. The zero-order chi connectivity index (χ0) is 12.1. The number of esters is 1. The second-order valence-corrected chi connectivity index (χ2v) is 3.34. The Morgan fingerprint density at radius 1 is 1.12 bits per heavy atom. The van der Waals surface area contributed by atoms with Crippen molar-refractivity contribution in [2.45, 2.75) is 12.8 Å². The van der Waals surface area contributed by atoms with Gasteiger partial charge in [-0.15, -0.1) is 0 Å². The van der Waals surface area contributed by atoms with Crippen LogP contribution in [0.25, 0.3) is 0 Å². The van der Waals surface area contributed by atoms with Crippen LogP contribution in [0.2, 0.25) is 0 Å². The molecule has 0 N–H and O–H groups in total. The molecule has 4 nitrogen and oxygen atoms in total. The first kappa shape index (κ1) is 12.2. The summed E-state index contributed by atoms with van der Waals surface area (Å²) in [6, 6.07) is 6.77. The number of ketones is 1. The summed E-state index contributed by atoms with van der Waals surface area (Å²) in [7, 11) is 2.82. The van der Waals surface area contributed by atoms with Crippen molar-refractivity contribution >= 4 is 11.8 Å². The highest BCUT2D eigenvalue weighted by atomic mass is 16.5. The van der Waals surface area contributed by atoms with Crippen LogP contribution < -0.4 is 4.74 Å². The monoisotopic (exact) mass is 222 g/mol. The van der Waals surface area contributed by atoms with Crippen molar-refractivity contribution in [2.24, 2.45) is 0 Å². The fourth-order valence-electron chi connectivity index (χ4n) is 1.45. The summed E-state index contributed by atoms with van der Waals surface area (Å²) in [5.74, 6) is -0.957. The molecule has 0 saturated heterocycles. The number of rotatable bonds is 4. The van der Waals surface area contributed by atoms with Crippen LogP contribution in [0.5, 0.6) is 5.75 Å². The van der Waals surface area contributed by atoms with E-state index in [1.54, 1.807) is 31.4 Å². The van der Waals surface area contributed by atoms with E-state index in [1.807, 2.05) is 0 Å². The maximum atomic E-state index is 11.4. The SMILES string of the molecule is COC(=O)C(C(C)=O)c1ccc(OC)cc1. The van der Waals surface area contributed by atoms with Gasteiger partial charge < -0.3 is 9.47 Å². The zero-order valence-corrected chi connectivity index (χ0v) is 9.52. The van der Waals surface area contributed by atoms with Crippen LogP contribution in [0.1, 0.15) is 18.4 Å².